The van der Waals surface area contributed by atoms with E-state index in [0.29, 0.717) is 6.42 Å². The Morgan fingerprint density at radius 2 is 2.04 bits per heavy atom. The summed E-state index contributed by atoms with van der Waals surface area (Å²) < 4.78 is 0. The monoisotopic (exact) mass is 348 g/mol. The van der Waals surface area contributed by atoms with E-state index >= 15 is 0 Å². The molecule has 3 aromatic rings. The number of hydrogen-bond acceptors (Lipinski definition) is 3. The van der Waals surface area contributed by atoms with E-state index in [-0.39, 0.29) is 11.9 Å². The number of hydrogen-bond donors (Lipinski definition) is 0. The summed E-state index contributed by atoms with van der Waals surface area (Å²) in [5.41, 5.74) is 3.59. The number of aromatic nitrogens is 1. The highest BCUT2D eigenvalue weighted by atomic mass is 32.1. The summed E-state index contributed by atoms with van der Waals surface area (Å²) in [4.78, 5) is 20.6. The Labute approximate surface area is 152 Å². The van der Waals surface area contributed by atoms with Crippen molar-refractivity contribution in [2.24, 2.45) is 0 Å². The first kappa shape index (κ1) is 16.0. The largest absolute Gasteiger partial charge is 0.331 e. The fourth-order valence-electron chi connectivity index (χ4n) is 3.52. The van der Waals surface area contributed by atoms with Gasteiger partial charge in [0.2, 0.25) is 5.91 Å². The van der Waals surface area contributed by atoms with Crippen LogP contribution in [0.4, 0.5) is 0 Å². The van der Waals surface area contributed by atoms with E-state index in [4.69, 9.17) is 0 Å². The first-order chi connectivity index (χ1) is 12.3. The molecule has 0 bridgehead atoms. The minimum atomic E-state index is 0.0394. The van der Waals surface area contributed by atoms with Gasteiger partial charge in [-0.1, -0.05) is 36.4 Å². The van der Waals surface area contributed by atoms with Crippen LogP contribution in [0.5, 0.6) is 0 Å². The van der Waals surface area contributed by atoms with E-state index in [1.54, 1.807) is 17.5 Å². The smallest absolute Gasteiger partial charge is 0.223 e. The molecule has 0 fully saturated rings. The summed E-state index contributed by atoms with van der Waals surface area (Å²) in [7, 11) is 0. The van der Waals surface area contributed by atoms with Crippen LogP contribution in [0.25, 0.3) is 0 Å². The number of amides is 1. The molecule has 1 aromatic carbocycles. The van der Waals surface area contributed by atoms with Crippen LogP contribution in [0.15, 0.2) is 66.3 Å². The average molecular weight is 348 g/mol. The topological polar surface area (TPSA) is 33.2 Å². The summed E-state index contributed by atoms with van der Waals surface area (Å²) in [6, 6.07) is 16.5. The molecule has 0 saturated heterocycles. The number of pyridine rings is 1. The maximum Gasteiger partial charge on any atom is 0.223 e. The minimum Gasteiger partial charge on any atom is -0.331 e. The second kappa shape index (κ2) is 7.19. The Bertz CT molecular complexity index is 845. The lowest BCUT2D eigenvalue weighted by Gasteiger charge is -2.36. The van der Waals surface area contributed by atoms with Gasteiger partial charge in [0.1, 0.15) is 0 Å². The van der Waals surface area contributed by atoms with Crippen LogP contribution in [-0.2, 0) is 17.6 Å². The van der Waals surface area contributed by atoms with Crippen molar-refractivity contribution in [3.05, 3.63) is 87.9 Å². The van der Waals surface area contributed by atoms with Crippen molar-refractivity contribution in [3.8, 4) is 0 Å². The lowest BCUT2D eigenvalue weighted by molar-refractivity contribution is -0.133. The molecule has 0 N–H and O–H groups in total. The van der Waals surface area contributed by atoms with Crippen molar-refractivity contribution >= 4 is 17.2 Å². The highest BCUT2D eigenvalue weighted by Crippen LogP contribution is 2.38. The predicted octanol–water partition coefficient (Wildman–Crippen LogP) is 4.25. The van der Waals surface area contributed by atoms with Crippen molar-refractivity contribution in [2.75, 3.05) is 6.54 Å². The first-order valence-electron chi connectivity index (χ1n) is 8.62. The zero-order valence-corrected chi connectivity index (χ0v) is 14.8. The normalized spacial score (nSPS) is 16.5. The van der Waals surface area contributed by atoms with Gasteiger partial charge in [0.25, 0.3) is 0 Å². The molecular formula is C21H20N2OS. The van der Waals surface area contributed by atoms with Gasteiger partial charge in [0.15, 0.2) is 0 Å². The second-order valence-corrected chi connectivity index (χ2v) is 7.31. The fraction of sp³-hybridized carbons (Fsp3) is 0.238. The van der Waals surface area contributed by atoms with Crippen LogP contribution in [0.3, 0.4) is 0 Å². The Morgan fingerprint density at radius 1 is 1.16 bits per heavy atom. The number of fused-ring (bicyclic) bond motifs is 1. The molecule has 1 aliphatic rings. The van der Waals surface area contributed by atoms with Crippen LogP contribution < -0.4 is 0 Å². The summed E-state index contributed by atoms with van der Waals surface area (Å²) >= 11 is 1.80. The van der Waals surface area contributed by atoms with Crippen LogP contribution in [-0.4, -0.2) is 22.3 Å². The number of aryl methyl sites for hydroxylation is 1. The number of nitrogens with zero attached hydrogens (tertiary/aromatic N) is 2. The molecule has 0 aliphatic carbocycles. The predicted molar refractivity (Wildman–Crippen MR) is 101 cm³/mol. The maximum absolute atomic E-state index is 13.0. The minimum absolute atomic E-state index is 0.0394. The van der Waals surface area contributed by atoms with Crippen molar-refractivity contribution in [3.63, 3.8) is 0 Å². The van der Waals surface area contributed by atoms with Crippen molar-refractivity contribution in [1.29, 1.82) is 0 Å². The van der Waals surface area contributed by atoms with Gasteiger partial charge in [-0.3, -0.25) is 9.78 Å². The highest BCUT2D eigenvalue weighted by Gasteiger charge is 2.32. The van der Waals surface area contributed by atoms with Gasteiger partial charge < -0.3 is 4.90 Å². The molecule has 0 saturated carbocycles. The van der Waals surface area contributed by atoms with E-state index in [1.807, 2.05) is 36.5 Å². The Morgan fingerprint density at radius 3 is 2.84 bits per heavy atom. The van der Waals surface area contributed by atoms with E-state index in [0.717, 1.165) is 24.9 Å². The van der Waals surface area contributed by atoms with Crippen molar-refractivity contribution in [1.82, 2.24) is 9.88 Å². The number of carbonyl (C=O) groups is 1. The zero-order valence-electron chi connectivity index (χ0n) is 14.0. The quantitative estimate of drug-likeness (QED) is 0.706. The zero-order chi connectivity index (χ0) is 17.1. The average Bonchev–Trinajstić information content (AvgIpc) is 3.15. The van der Waals surface area contributed by atoms with Gasteiger partial charge in [-0.15, -0.1) is 11.3 Å². The molecule has 1 aliphatic heterocycles. The molecule has 0 spiro atoms. The SMILES string of the molecule is O=C(CCc1cccnc1)N1CCc2sccc2[C@H]1c1ccccc1. The van der Waals surface area contributed by atoms with Crippen LogP contribution >= 0.6 is 11.3 Å². The van der Waals surface area contributed by atoms with Gasteiger partial charge in [0.05, 0.1) is 6.04 Å². The Kier molecular flexibility index (Phi) is 4.61. The van der Waals surface area contributed by atoms with E-state index in [9.17, 15) is 4.79 Å². The van der Waals surface area contributed by atoms with Gasteiger partial charge in [-0.25, -0.2) is 0 Å². The van der Waals surface area contributed by atoms with Gasteiger partial charge in [-0.05, 0) is 47.0 Å². The standard InChI is InChI=1S/C21H20N2OS/c24-20(9-8-16-5-4-12-22-15-16)23-13-10-19-18(11-14-25-19)21(23)17-6-2-1-3-7-17/h1-7,11-12,14-15,21H,8-10,13H2/t21-/m1/s1. The van der Waals surface area contributed by atoms with Crippen LogP contribution in [0.2, 0.25) is 0 Å². The summed E-state index contributed by atoms with van der Waals surface area (Å²) in [6.45, 7) is 0.791. The number of benzene rings is 1. The van der Waals surface area contributed by atoms with Gasteiger partial charge >= 0.3 is 0 Å². The van der Waals surface area contributed by atoms with Crippen LogP contribution in [0.1, 0.15) is 34.0 Å². The molecule has 1 amide bonds. The second-order valence-electron chi connectivity index (χ2n) is 6.31. The third-order valence-electron chi connectivity index (χ3n) is 4.75. The van der Waals surface area contributed by atoms with Crippen LogP contribution in [0, 0.1) is 0 Å². The lowest BCUT2D eigenvalue weighted by atomic mass is 9.93. The van der Waals surface area contributed by atoms with E-state index in [2.05, 4.69) is 33.5 Å². The summed E-state index contributed by atoms with van der Waals surface area (Å²) in [6.07, 6.45) is 5.82. The fourth-order valence-corrected chi connectivity index (χ4v) is 4.42. The molecule has 4 rings (SSSR count). The van der Waals surface area contributed by atoms with Gasteiger partial charge in [-0.2, -0.15) is 0 Å². The highest BCUT2D eigenvalue weighted by molar-refractivity contribution is 7.10. The first-order valence-corrected chi connectivity index (χ1v) is 9.50. The van der Waals surface area contributed by atoms with E-state index < -0.39 is 0 Å². The third-order valence-corrected chi connectivity index (χ3v) is 5.75. The molecule has 126 valence electrons. The maximum atomic E-state index is 13.0. The van der Waals surface area contributed by atoms with Gasteiger partial charge in [0, 0.05) is 30.2 Å². The molecule has 25 heavy (non-hydrogen) atoms. The Hall–Kier alpha value is -2.46. The van der Waals surface area contributed by atoms with Crippen molar-refractivity contribution < 1.29 is 4.79 Å². The molecule has 4 heteroatoms. The Balaban J connectivity index is 1.58. The molecule has 1 atom stereocenters. The molecule has 3 heterocycles. The molecular weight excluding hydrogens is 328 g/mol. The summed E-state index contributed by atoms with van der Waals surface area (Å²) in [5.74, 6) is 0.217. The molecule has 0 unspecified atom stereocenters. The summed E-state index contributed by atoms with van der Waals surface area (Å²) in [5, 5.41) is 2.14. The number of rotatable bonds is 4. The molecule has 2 aromatic heterocycles. The van der Waals surface area contributed by atoms with Crippen molar-refractivity contribution in [2.45, 2.75) is 25.3 Å². The number of carbonyl (C=O) groups excluding carboxylic acids is 1. The molecule has 0 radical (unpaired) electrons. The van der Waals surface area contributed by atoms with E-state index in [1.165, 1.54) is 16.0 Å². The lowest BCUT2D eigenvalue weighted by Crippen LogP contribution is -2.40. The molecule has 3 nitrogen and oxygen atoms in total. The third kappa shape index (κ3) is 3.35. The number of thiophene rings is 1.